The third-order valence-corrected chi connectivity index (χ3v) is 4.13. The first-order valence-electron chi connectivity index (χ1n) is 7.91. The lowest BCUT2D eigenvalue weighted by atomic mass is 10.1. The van der Waals surface area contributed by atoms with Gasteiger partial charge in [0, 0.05) is 24.2 Å². The van der Waals surface area contributed by atoms with E-state index in [0.717, 1.165) is 17.0 Å². The zero-order valence-electron chi connectivity index (χ0n) is 13.6. The first-order valence-corrected chi connectivity index (χ1v) is 7.91. The number of quaternary nitrogens is 1. The van der Waals surface area contributed by atoms with Crippen LogP contribution >= 0.6 is 0 Å². The average Bonchev–Trinajstić information content (AvgIpc) is 3.31. The molecular weight excluding hydrogens is 278 g/mol. The predicted molar refractivity (Wildman–Crippen MR) is 85.6 cm³/mol. The van der Waals surface area contributed by atoms with Crippen molar-refractivity contribution < 1.29 is 14.5 Å². The molecule has 1 aromatic carbocycles. The zero-order valence-corrected chi connectivity index (χ0v) is 13.6. The maximum Gasteiger partial charge on any atom is 0.275 e. The molecule has 22 heavy (non-hydrogen) atoms. The number of amides is 2. The first kappa shape index (κ1) is 16.5. The molecule has 5 nitrogen and oxygen atoms in total. The van der Waals surface area contributed by atoms with Gasteiger partial charge < -0.3 is 15.5 Å². The van der Waals surface area contributed by atoms with E-state index < -0.39 is 0 Å². The van der Waals surface area contributed by atoms with Gasteiger partial charge in [-0.05, 0) is 37.8 Å². The lowest BCUT2D eigenvalue weighted by Crippen LogP contribution is -3.09. The van der Waals surface area contributed by atoms with Gasteiger partial charge in [-0.3, -0.25) is 9.59 Å². The van der Waals surface area contributed by atoms with Gasteiger partial charge in [0.25, 0.3) is 11.8 Å². The molecule has 2 atom stereocenters. The summed E-state index contributed by atoms with van der Waals surface area (Å²) in [5, 5.41) is 5.68. The highest BCUT2D eigenvalue weighted by Crippen LogP contribution is 2.32. The average molecular weight is 304 g/mol. The molecule has 1 saturated carbocycles. The topological polar surface area (TPSA) is 62.6 Å². The van der Waals surface area contributed by atoms with E-state index in [1.807, 2.05) is 31.3 Å². The Bertz CT molecular complexity index is 523. The molecular formula is C17H26N3O2+. The third kappa shape index (κ3) is 4.84. The van der Waals surface area contributed by atoms with E-state index in [1.165, 1.54) is 12.8 Å². The standard InChI is InChI=1S/C17H25N3O2/c1-12(14-8-9-14)19-16(21)11-20(3)10-13-4-6-15(7-5-13)17(22)18-2/h4-7,12,14H,8-11H2,1-3H3,(H,18,22)(H,19,21)/p+1/t12-/m1/s1. The van der Waals surface area contributed by atoms with Crippen LogP contribution in [0.15, 0.2) is 24.3 Å². The van der Waals surface area contributed by atoms with Crippen LogP contribution in [0.1, 0.15) is 35.7 Å². The van der Waals surface area contributed by atoms with Crippen molar-refractivity contribution in [3.8, 4) is 0 Å². The monoisotopic (exact) mass is 304 g/mol. The Hall–Kier alpha value is -1.88. The Kier molecular flexibility index (Phi) is 5.55. The van der Waals surface area contributed by atoms with Crippen molar-refractivity contribution in [1.29, 1.82) is 0 Å². The zero-order chi connectivity index (χ0) is 16.1. The van der Waals surface area contributed by atoms with Gasteiger partial charge in [0.15, 0.2) is 6.54 Å². The fourth-order valence-electron chi connectivity index (χ4n) is 2.62. The van der Waals surface area contributed by atoms with Crippen molar-refractivity contribution in [2.75, 3.05) is 20.6 Å². The van der Waals surface area contributed by atoms with E-state index in [-0.39, 0.29) is 11.8 Å². The molecule has 0 bridgehead atoms. The molecule has 0 radical (unpaired) electrons. The number of hydrogen-bond acceptors (Lipinski definition) is 2. The van der Waals surface area contributed by atoms with Gasteiger partial charge in [-0.15, -0.1) is 0 Å². The van der Waals surface area contributed by atoms with Gasteiger partial charge in [-0.2, -0.15) is 0 Å². The van der Waals surface area contributed by atoms with E-state index in [2.05, 4.69) is 17.6 Å². The highest BCUT2D eigenvalue weighted by molar-refractivity contribution is 5.93. The minimum atomic E-state index is -0.0827. The Labute approximate surface area is 132 Å². The molecule has 0 heterocycles. The van der Waals surface area contributed by atoms with Crippen LogP contribution in [0.25, 0.3) is 0 Å². The molecule has 3 N–H and O–H groups in total. The fourth-order valence-corrected chi connectivity index (χ4v) is 2.62. The van der Waals surface area contributed by atoms with E-state index in [9.17, 15) is 9.59 Å². The van der Waals surface area contributed by atoms with Crippen LogP contribution in [0.3, 0.4) is 0 Å². The molecule has 0 aliphatic heterocycles. The Morgan fingerprint density at radius 3 is 2.45 bits per heavy atom. The van der Waals surface area contributed by atoms with Crippen LogP contribution in [0, 0.1) is 5.92 Å². The van der Waals surface area contributed by atoms with Crippen LogP contribution in [0.2, 0.25) is 0 Å². The largest absolute Gasteiger partial charge is 0.355 e. The lowest BCUT2D eigenvalue weighted by Gasteiger charge is -2.17. The van der Waals surface area contributed by atoms with Gasteiger partial charge in [0.2, 0.25) is 0 Å². The molecule has 1 aliphatic rings. The molecule has 1 aromatic rings. The summed E-state index contributed by atoms with van der Waals surface area (Å²) in [6, 6.07) is 7.82. The third-order valence-electron chi connectivity index (χ3n) is 4.13. The molecule has 120 valence electrons. The van der Waals surface area contributed by atoms with Crippen molar-refractivity contribution in [2.45, 2.75) is 32.4 Å². The Balaban J connectivity index is 1.79. The Morgan fingerprint density at radius 2 is 1.91 bits per heavy atom. The summed E-state index contributed by atoms with van der Waals surface area (Å²) >= 11 is 0. The number of benzene rings is 1. The molecule has 1 aliphatic carbocycles. The van der Waals surface area contributed by atoms with Gasteiger partial charge in [-0.1, -0.05) is 12.1 Å². The smallest absolute Gasteiger partial charge is 0.275 e. The minimum Gasteiger partial charge on any atom is -0.355 e. The van der Waals surface area contributed by atoms with Gasteiger partial charge in [0.1, 0.15) is 6.54 Å². The molecule has 2 rings (SSSR count). The molecule has 2 amide bonds. The summed E-state index contributed by atoms with van der Waals surface area (Å²) < 4.78 is 0. The summed E-state index contributed by atoms with van der Waals surface area (Å²) in [5.41, 5.74) is 1.77. The van der Waals surface area contributed by atoms with Gasteiger partial charge in [-0.25, -0.2) is 0 Å². The van der Waals surface area contributed by atoms with Crippen molar-refractivity contribution in [2.24, 2.45) is 5.92 Å². The molecule has 0 saturated heterocycles. The quantitative estimate of drug-likeness (QED) is 0.663. The second-order valence-corrected chi connectivity index (χ2v) is 6.28. The first-order chi connectivity index (χ1) is 10.5. The number of rotatable bonds is 7. The molecule has 5 heteroatoms. The molecule has 1 unspecified atom stereocenters. The summed E-state index contributed by atoms with van der Waals surface area (Å²) in [4.78, 5) is 24.6. The number of carbonyl (C=O) groups excluding carboxylic acids is 2. The number of nitrogens with one attached hydrogen (secondary N) is 3. The molecule has 0 aromatic heterocycles. The van der Waals surface area contributed by atoms with E-state index in [4.69, 9.17) is 0 Å². The predicted octanol–water partition coefficient (Wildman–Crippen LogP) is -0.0244. The van der Waals surface area contributed by atoms with Crippen molar-refractivity contribution >= 4 is 11.8 Å². The molecule has 0 spiro atoms. The van der Waals surface area contributed by atoms with Gasteiger partial charge >= 0.3 is 0 Å². The maximum absolute atomic E-state index is 12.0. The number of likely N-dealkylation sites (N-methyl/N-ethyl adjacent to an activating group) is 1. The maximum atomic E-state index is 12.0. The second kappa shape index (κ2) is 7.40. The van der Waals surface area contributed by atoms with Crippen LogP contribution in [0.4, 0.5) is 0 Å². The van der Waals surface area contributed by atoms with E-state index in [0.29, 0.717) is 24.1 Å². The minimum absolute atomic E-state index is 0.0827. The van der Waals surface area contributed by atoms with Crippen molar-refractivity contribution in [3.63, 3.8) is 0 Å². The van der Waals surface area contributed by atoms with Crippen LogP contribution < -0.4 is 15.5 Å². The highest BCUT2D eigenvalue weighted by Gasteiger charge is 2.29. The van der Waals surface area contributed by atoms with E-state index in [1.54, 1.807) is 7.05 Å². The highest BCUT2D eigenvalue weighted by atomic mass is 16.2. The van der Waals surface area contributed by atoms with Crippen LogP contribution in [0.5, 0.6) is 0 Å². The normalized spacial score (nSPS) is 16.7. The van der Waals surface area contributed by atoms with Crippen LogP contribution in [-0.2, 0) is 11.3 Å². The second-order valence-electron chi connectivity index (χ2n) is 6.28. The van der Waals surface area contributed by atoms with Crippen molar-refractivity contribution in [3.05, 3.63) is 35.4 Å². The van der Waals surface area contributed by atoms with Gasteiger partial charge in [0.05, 0.1) is 7.05 Å². The Morgan fingerprint density at radius 1 is 1.27 bits per heavy atom. The lowest BCUT2D eigenvalue weighted by molar-refractivity contribution is -0.885. The molecule has 1 fully saturated rings. The van der Waals surface area contributed by atoms with Crippen LogP contribution in [-0.4, -0.2) is 38.5 Å². The van der Waals surface area contributed by atoms with Crippen molar-refractivity contribution in [1.82, 2.24) is 10.6 Å². The summed E-state index contributed by atoms with van der Waals surface area (Å²) in [6.45, 7) is 3.32. The summed E-state index contributed by atoms with van der Waals surface area (Å²) in [5.74, 6) is 0.709. The number of hydrogen-bond donors (Lipinski definition) is 3. The fraction of sp³-hybridized carbons (Fsp3) is 0.529. The summed E-state index contributed by atoms with van der Waals surface area (Å²) in [7, 11) is 3.63. The number of carbonyl (C=O) groups is 2. The SMILES string of the molecule is CNC(=O)c1ccc(C[NH+](C)CC(=O)N[C@H](C)C2CC2)cc1. The van der Waals surface area contributed by atoms with E-state index >= 15 is 0 Å². The summed E-state index contributed by atoms with van der Waals surface area (Å²) in [6.07, 6.45) is 2.48.